The Morgan fingerprint density at radius 3 is 2.40 bits per heavy atom. The van der Waals surface area contributed by atoms with Crippen molar-refractivity contribution in [3.8, 4) is 0 Å². The molecule has 1 aliphatic rings. The van der Waals surface area contributed by atoms with E-state index >= 15 is 0 Å². The first-order valence-corrected chi connectivity index (χ1v) is 15.6. The van der Waals surface area contributed by atoms with E-state index in [0.717, 1.165) is 67.9 Å². The second-order valence-corrected chi connectivity index (χ2v) is 11.3. The Balaban J connectivity index is 1.43. The minimum atomic E-state index is -0.713. The maximum absolute atomic E-state index is 13.7. The summed E-state index contributed by atoms with van der Waals surface area (Å²) in [6, 6.07) is 24.0. The summed E-state index contributed by atoms with van der Waals surface area (Å²) in [6.07, 6.45) is 5.52. The van der Waals surface area contributed by atoms with Crippen LogP contribution < -0.4 is 10.6 Å². The smallest absolute Gasteiger partial charge is 0.243 e. The van der Waals surface area contributed by atoms with Crippen molar-refractivity contribution in [2.75, 3.05) is 26.2 Å². The maximum Gasteiger partial charge on any atom is 0.243 e. The molecule has 0 aliphatic carbocycles. The molecule has 1 saturated heterocycles. The zero-order valence-corrected chi connectivity index (χ0v) is 25.1. The van der Waals surface area contributed by atoms with Crippen molar-refractivity contribution >= 4 is 29.0 Å². The summed E-state index contributed by atoms with van der Waals surface area (Å²) >= 11 is 0. The minimum absolute atomic E-state index is 0.0683. The highest BCUT2D eigenvalue weighted by Gasteiger charge is 2.39. The fourth-order valence-electron chi connectivity index (χ4n) is 6.01. The van der Waals surface area contributed by atoms with Crippen LogP contribution in [-0.4, -0.2) is 66.4 Å². The monoisotopic (exact) mass is 570 g/mol. The lowest BCUT2D eigenvalue weighted by atomic mass is 9.99. The topological polar surface area (TPSA) is 81.8 Å². The number of hydrogen-bond acceptors (Lipinski definition) is 4. The zero-order valence-electron chi connectivity index (χ0n) is 25.1. The van der Waals surface area contributed by atoms with E-state index in [-0.39, 0.29) is 17.7 Å². The summed E-state index contributed by atoms with van der Waals surface area (Å²) in [7, 11) is 0. The number of benzene rings is 3. The number of nitrogens with zero attached hydrogens (tertiary/aromatic N) is 2. The molecule has 0 radical (unpaired) electrons. The number of likely N-dealkylation sites (tertiary alicyclic amines) is 1. The van der Waals surface area contributed by atoms with Gasteiger partial charge < -0.3 is 20.4 Å². The molecule has 1 unspecified atom stereocenters. The molecular formula is C35H46N4O3. The van der Waals surface area contributed by atoms with Gasteiger partial charge in [-0.15, -0.1) is 0 Å². The van der Waals surface area contributed by atoms with E-state index in [1.807, 2.05) is 43.0 Å². The van der Waals surface area contributed by atoms with E-state index < -0.39 is 12.2 Å². The molecule has 0 saturated carbocycles. The van der Waals surface area contributed by atoms with E-state index in [2.05, 4.69) is 59.2 Å². The molecule has 42 heavy (non-hydrogen) atoms. The van der Waals surface area contributed by atoms with Gasteiger partial charge in [0.1, 0.15) is 12.2 Å². The highest BCUT2D eigenvalue weighted by molar-refractivity contribution is 5.86. The van der Waals surface area contributed by atoms with Crippen molar-refractivity contribution < 1.29 is 14.4 Å². The quantitative estimate of drug-likeness (QED) is 0.189. The van der Waals surface area contributed by atoms with Gasteiger partial charge in [-0.2, -0.15) is 0 Å². The van der Waals surface area contributed by atoms with Gasteiger partial charge >= 0.3 is 0 Å². The SMILES string of the molecule is CCC(CC)C(=O)N1CCCC1N(C=O)[C@H](Cc1ccc2ccccc2c1)C(=O)NCCCNCCc1ccccc1. The Bertz CT molecular complexity index is 1290. The van der Waals surface area contributed by atoms with Crippen molar-refractivity contribution in [1.82, 2.24) is 20.4 Å². The van der Waals surface area contributed by atoms with Crippen LogP contribution in [0.2, 0.25) is 0 Å². The third kappa shape index (κ3) is 8.19. The second-order valence-electron chi connectivity index (χ2n) is 11.3. The van der Waals surface area contributed by atoms with Gasteiger partial charge in [-0.1, -0.05) is 86.6 Å². The molecule has 3 aromatic carbocycles. The first-order chi connectivity index (χ1) is 20.5. The molecule has 0 aromatic heterocycles. The highest BCUT2D eigenvalue weighted by atomic mass is 16.2. The van der Waals surface area contributed by atoms with Gasteiger partial charge in [0.05, 0.1) is 0 Å². The normalized spacial score (nSPS) is 15.6. The predicted molar refractivity (Wildman–Crippen MR) is 169 cm³/mol. The number of carbonyl (C=O) groups is 3. The second kappa shape index (κ2) is 16.1. The summed E-state index contributed by atoms with van der Waals surface area (Å²) in [6.45, 7) is 6.86. The number of hydrogen-bond donors (Lipinski definition) is 2. The highest BCUT2D eigenvalue weighted by Crippen LogP contribution is 2.27. The van der Waals surface area contributed by atoms with E-state index in [1.165, 1.54) is 5.56 Å². The Kier molecular flexibility index (Phi) is 11.9. The maximum atomic E-state index is 13.7. The van der Waals surface area contributed by atoms with E-state index in [4.69, 9.17) is 0 Å². The molecule has 7 heteroatoms. The summed E-state index contributed by atoms with van der Waals surface area (Å²) < 4.78 is 0. The Hall–Kier alpha value is -3.71. The third-order valence-corrected chi connectivity index (χ3v) is 8.47. The molecule has 2 N–H and O–H groups in total. The summed E-state index contributed by atoms with van der Waals surface area (Å²) in [4.78, 5) is 43.3. The van der Waals surface area contributed by atoms with Gasteiger partial charge in [-0.25, -0.2) is 0 Å². The minimum Gasteiger partial charge on any atom is -0.354 e. The molecule has 1 aliphatic heterocycles. The van der Waals surface area contributed by atoms with Crippen molar-refractivity contribution in [3.63, 3.8) is 0 Å². The molecule has 3 aromatic rings. The zero-order chi connectivity index (χ0) is 29.7. The van der Waals surface area contributed by atoms with Crippen LogP contribution >= 0.6 is 0 Å². The fraction of sp³-hybridized carbons (Fsp3) is 0.457. The lowest BCUT2D eigenvalue weighted by Crippen LogP contribution is -2.57. The number of amides is 3. The van der Waals surface area contributed by atoms with Crippen LogP contribution in [0.15, 0.2) is 72.8 Å². The summed E-state index contributed by atoms with van der Waals surface area (Å²) in [5.41, 5.74) is 2.28. The average molecular weight is 571 g/mol. The van der Waals surface area contributed by atoms with E-state index in [9.17, 15) is 14.4 Å². The standard InChI is InChI=1S/C35H46N4O3/c1-3-29(4-2)35(42)38-23-10-16-33(38)39(26-40)32(25-28-17-18-30-14-8-9-15-31(30)24-28)34(41)37-21-11-20-36-22-19-27-12-6-5-7-13-27/h5-9,12-15,17-18,24,26,29,32-33,36H,3-4,10-11,16,19-23,25H2,1-2H3,(H,37,41)/t32-,33?/m1/s1. The molecule has 0 bridgehead atoms. The fourth-order valence-corrected chi connectivity index (χ4v) is 6.01. The van der Waals surface area contributed by atoms with Gasteiger partial charge in [0, 0.05) is 25.4 Å². The van der Waals surface area contributed by atoms with Gasteiger partial charge in [0.25, 0.3) is 0 Å². The molecule has 0 spiro atoms. The number of rotatable bonds is 16. The van der Waals surface area contributed by atoms with Gasteiger partial charge in [0.2, 0.25) is 18.2 Å². The van der Waals surface area contributed by atoms with Gasteiger partial charge in [-0.05, 0) is 73.5 Å². The largest absolute Gasteiger partial charge is 0.354 e. The van der Waals surface area contributed by atoms with Crippen LogP contribution in [0, 0.1) is 5.92 Å². The lowest BCUT2D eigenvalue weighted by molar-refractivity contribution is -0.147. The molecule has 3 amide bonds. The molecule has 4 rings (SSSR count). The Morgan fingerprint density at radius 2 is 1.67 bits per heavy atom. The molecular weight excluding hydrogens is 524 g/mol. The molecule has 7 nitrogen and oxygen atoms in total. The van der Waals surface area contributed by atoms with Crippen LogP contribution in [0.25, 0.3) is 10.8 Å². The Labute approximate surface area is 250 Å². The predicted octanol–water partition coefficient (Wildman–Crippen LogP) is 4.93. The third-order valence-electron chi connectivity index (χ3n) is 8.47. The van der Waals surface area contributed by atoms with Crippen LogP contribution in [0.3, 0.4) is 0 Å². The Morgan fingerprint density at radius 1 is 0.929 bits per heavy atom. The van der Waals surface area contributed by atoms with Crippen LogP contribution in [0.4, 0.5) is 0 Å². The molecule has 224 valence electrons. The lowest BCUT2D eigenvalue weighted by Gasteiger charge is -2.38. The van der Waals surface area contributed by atoms with Crippen molar-refractivity contribution in [3.05, 3.63) is 83.9 Å². The molecule has 1 heterocycles. The molecule has 1 fully saturated rings. The van der Waals surface area contributed by atoms with Crippen molar-refractivity contribution in [2.24, 2.45) is 5.92 Å². The van der Waals surface area contributed by atoms with Crippen LogP contribution in [0.5, 0.6) is 0 Å². The first kappa shape index (κ1) is 31.2. The van der Waals surface area contributed by atoms with Crippen molar-refractivity contribution in [1.29, 1.82) is 0 Å². The van der Waals surface area contributed by atoms with Crippen LogP contribution in [0.1, 0.15) is 57.1 Å². The van der Waals surface area contributed by atoms with E-state index in [0.29, 0.717) is 25.9 Å². The number of nitrogens with one attached hydrogen (secondary N) is 2. The van der Waals surface area contributed by atoms with Gasteiger partial charge in [0.15, 0.2) is 0 Å². The van der Waals surface area contributed by atoms with Crippen molar-refractivity contribution in [2.45, 2.75) is 71.0 Å². The summed E-state index contributed by atoms with van der Waals surface area (Å²) in [5.74, 6) is -0.163. The van der Waals surface area contributed by atoms with Gasteiger partial charge in [-0.3, -0.25) is 14.4 Å². The van der Waals surface area contributed by atoms with Crippen LogP contribution in [-0.2, 0) is 27.2 Å². The molecule has 2 atom stereocenters. The summed E-state index contributed by atoms with van der Waals surface area (Å²) in [5, 5.41) is 8.77. The average Bonchev–Trinajstić information content (AvgIpc) is 3.51. The number of carbonyl (C=O) groups excluding carboxylic acids is 3. The number of fused-ring (bicyclic) bond motifs is 1. The first-order valence-electron chi connectivity index (χ1n) is 15.6. The van der Waals surface area contributed by atoms with E-state index in [1.54, 1.807) is 4.90 Å².